The van der Waals surface area contributed by atoms with Crippen LogP contribution in [0.15, 0.2) is 66.9 Å². The zero-order valence-corrected chi connectivity index (χ0v) is 17.4. The van der Waals surface area contributed by atoms with E-state index < -0.39 is 6.10 Å². The summed E-state index contributed by atoms with van der Waals surface area (Å²) in [5.74, 6) is 0.633. The summed E-state index contributed by atoms with van der Waals surface area (Å²) >= 11 is 0. The Bertz CT molecular complexity index is 967. The fourth-order valence-corrected chi connectivity index (χ4v) is 3.78. The Hall–Kier alpha value is -2.63. The van der Waals surface area contributed by atoms with Gasteiger partial charge < -0.3 is 14.4 Å². The van der Waals surface area contributed by atoms with E-state index in [1.807, 2.05) is 55.6 Å². The number of rotatable bonds is 10. The highest BCUT2D eigenvalue weighted by molar-refractivity contribution is 5.31. The molecule has 1 fully saturated rings. The highest BCUT2D eigenvalue weighted by Gasteiger charge is 2.31. The topological polar surface area (TPSA) is 37.6 Å². The predicted molar refractivity (Wildman–Crippen MR) is 116 cm³/mol. The number of aliphatic hydroxyl groups excluding tert-OH is 1. The molecule has 0 radical (unpaired) electrons. The van der Waals surface area contributed by atoms with Crippen LogP contribution in [-0.4, -0.2) is 39.9 Å². The van der Waals surface area contributed by atoms with Gasteiger partial charge in [-0.25, -0.2) is 4.39 Å². The summed E-state index contributed by atoms with van der Waals surface area (Å²) in [5.41, 5.74) is 2.87. The Morgan fingerprint density at radius 3 is 2.63 bits per heavy atom. The van der Waals surface area contributed by atoms with E-state index in [0.29, 0.717) is 24.7 Å². The second-order valence-electron chi connectivity index (χ2n) is 8.11. The number of aliphatic hydroxyl groups is 1. The summed E-state index contributed by atoms with van der Waals surface area (Å²) in [6.07, 6.45) is 3.73. The highest BCUT2D eigenvalue weighted by atomic mass is 19.1. The molecule has 1 saturated carbocycles. The molecular formula is C25H29FN2O2. The molecule has 0 aliphatic heterocycles. The first-order chi connectivity index (χ1) is 14.6. The van der Waals surface area contributed by atoms with Crippen LogP contribution in [0.5, 0.6) is 5.75 Å². The molecule has 3 aromatic rings. The molecular weight excluding hydrogens is 379 g/mol. The molecule has 0 saturated heterocycles. The molecule has 158 valence electrons. The van der Waals surface area contributed by atoms with Crippen LogP contribution in [-0.2, 0) is 13.1 Å². The van der Waals surface area contributed by atoms with E-state index in [0.717, 1.165) is 36.4 Å². The van der Waals surface area contributed by atoms with Crippen LogP contribution in [0.4, 0.5) is 4.39 Å². The molecule has 1 unspecified atom stereocenters. The van der Waals surface area contributed by atoms with Gasteiger partial charge in [0.25, 0.3) is 0 Å². The third-order valence-electron chi connectivity index (χ3n) is 5.62. The maximum absolute atomic E-state index is 14.1. The number of hydrogen-bond acceptors (Lipinski definition) is 3. The van der Waals surface area contributed by atoms with E-state index in [4.69, 9.17) is 4.74 Å². The van der Waals surface area contributed by atoms with Gasteiger partial charge in [0.15, 0.2) is 0 Å². The van der Waals surface area contributed by atoms with Crippen LogP contribution in [0.1, 0.15) is 29.7 Å². The summed E-state index contributed by atoms with van der Waals surface area (Å²) in [7, 11) is 0. The smallest absolute Gasteiger partial charge is 0.128 e. The highest BCUT2D eigenvalue weighted by Crippen LogP contribution is 2.29. The van der Waals surface area contributed by atoms with E-state index in [1.165, 1.54) is 6.07 Å². The molecule has 1 aliphatic carbocycles. The van der Waals surface area contributed by atoms with Crippen molar-refractivity contribution in [3.63, 3.8) is 0 Å². The lowest BCUT2D eigenvalue weighted by Crippen LogP contribution is -2.37. The zero-order chi connectivity index (χ0) is 20.9. The number of halogens is 1. The number of aromatic nitrogens is 1. The lowest BCUT2D eigenvalue weighted by molar-refractivity contribution is 0.0616. The molecule has 0 spiro atoms. The normalized spacial score (nSPS) is 14.8. The Kier molecular flexibility index (Phi) is 6.50. The number of ether oxygens (including phenoxy) is 1. The Morgan fingerprint density at radius 1 is 1.10 bits per heavy atom. The number of hydrogen-bond donors (Lipinski definition) is 1. The molecule has 0 amide bonds. The van der Waals surface area contributed by atoms with Gasteiger partial charge in [-0.15, -0.1) is 0 Å². The van der Waals surface area contributed by atoms with Crippen LogP contribution in [0.2, 0.25) is 0 Å². The first kappa shape index (κ1) is 20.6. The monoisotopic (exact) mass is 408 g/mol. The summed E-state index contributed by atoms with van der Waals surface area (Å²) in [5, 5.41) is 10.6. The SMILES string of the molecule is Cc1ccccc1OCC(O)CN(Cc1cccn1Cc1ccccc1F)C1CC1. The van der Waals surface area contributed by atoms with Gasteiger partial charge in [0, 0.05) is 36.6 Å². The molecule has 1 heterocycles. The van der Waals surface area contributed by atoms with Crippen molar-refractivity contribution in [1.29, 1.82) is 0 Å². The van der Waals surface area contributed by atoms with Crippen LogP contribution in [0, 0.1) is 12.7 Å². The minimum atomic E-state index is -0.569. The second-order valence-corrected chi connectivity index (χ2v) is 8.11. The maximum atomic E-state index is 14.1. The van der Waals surface area contributed by atoms with E-state index in [1.54, 1.807) is 6.07 Å². The van der Waals surface area contributed by atoms with Crippen molar-refractivity contribution in [3.8, 4) is 5.75 Å². The third kappa shape index (κ3) is 5.29. The van der Waals surface area contributed by atoms with Gasteiger partial charge >= 0.3 is 0 Å². The number of benzene rings is 2. The summed E-state index contributed by atoms with van der Waals surface area (Å²) in [4.78, 5) is 2.32. The average Bonchev–Trinajstić information content (AvgIpc) is 3.50. The summed E-state index contributed by atoms with van der Waals surface area (Å²) < 4.78 is 22.0. The molecule has 5 heteroatoms. The van der Waals surface area contributed by atoms with Crippen molar-refractivity contribution in [2.75, 3.05) is 13.2 Å². The molecule has 4 rings (SSSR count). The standard InChI is InChI=1S/C25H29FN2O2/c1-19-7-2-5-11-25(19)30-18-23(29)17-28(21-12-13-21)16-22-9-6-14-27(22)15-20-8-3-4-10-24(20)26/h2-11,14,21,23,29H,12-13,15-18H2,1H3. The second kappa shape index (κ2) is 9.45. The van der Waals surface area contributed by atoms with Crippen molar-refractivity contribution in [3.05, 3.63) is 89.5 Å². The van der Waals surface area contributed by atoms with Crippen LogP contribution >= 0.6 is 0 Å². The van der Waals surface area contributed by atoms with E-state index in [2.05, 4.69) is 15.5 Å². The van der Waals surface area contributed by atoms with Gasteiger partial charge in [-0.1, -0.05) is 36.4 Å². The lowest BCUT2D eigenvalue weighted by atomic mass is 10.2. The zero-order valence-electron chi connectivity index (χ0n) is 17.4. The Labute approximate surface area is 177 Å². The van der Waals surface area contributed by atoms with Gasteiger partial charge in [-0.3, -0.25) is 4.90 Å². The maximum Gasteiger partial charge on any atom is 0.128 e. The lowest BCUT2D eigenvalue weighted by Gasteiger charge is -2.26. The van der Waals surface area contributed by atoms with Crippen molar-refractivity contribution in [2.45, 2.75) is 45.0 Å². The predicted octanol–water partition coefficient (Wildman–Crippen LogP) is 4.39. The molecule has 1 N–H and O–H groups in total. The van der Waals surface area contributed by atoms with Crippen molar-refractivity contribution < 1.29 is 14.2 Å². The van der Waals surface area contributed by atoms with Gasteiger partial charge in [0.05, 0.1) is 6.54 Å². The van der Waals surface area contributed by atoms with Crippen LogP contribution in [0.3, 0.4) is 0 Å². The number of para-hydroxylation sites is 1. The first-order valence-electron chi connectivity index (χ1n) is 10.6. The van der Waals surface area contributed by atoms with Crippen molar-refractivity contribution >= 4 is 0 Å². The van der Waals surface area contributed by atoms with Gasteiger partial charge in [0.2, 0.25) is 0 Å². The first-order valence-corrected chi connectivity index (χ1v) is 10.6. The summed E-state index contributed by atoms with van der Waals surface area (Å²) in [6, 6.07) is 19.3. The number of aryl methyl sites for hydroxylation is 1. The minimum Gasteiger partial charge on any atom is -0.491 e. The quantitative estimate of drug-likeness (QED) is 0.541. The number of nitrogens with zero attached hydrogens (tertiary/aromatic N) is 2. The molecule has 30 heavy (non-hydrogen) atoms. The van der Waals surface area contributed by atoms with Crippen molar-refractivity contribution in [1.82, 2.24) is 9.47 Å². The van der Waals surface area contributed by atoms with E-state index in [-0.39, 0.29) is 12.4 Å². The summed E-state index contributed by atoms with van der Waals surface area (Å²) in [6.45, 7) is 4.06. The Balaban J connectivity index is 1.37. The van der Waals surface area contributed by atoms with Crippen molar-refractivity contribution in [2.24, 2.45) is 0 Å². The molecule has 1 aliphatic rings. The molecule has 4 nitrogen and oxygen atoms in total. The molecule has 1 aromatic heterocycles. The molecule has 2 aromatic carbocycles. The Morgan fingerprint density at radius 2 is 1.87 bits per heavy atom. The third-order valence-corrected chi connectivity index (χ3v) is 5.62. The fourth-order valence-electron chi connectivity index (χ4n) is 3.78. The minimum absolute atomic E-state index is 0.181. The van der Waals surface area contributed by atoms with Gasteiger partial charge in [-0.05, 0) is 49.6 Å². The van der Waals surface area contributed by atoms with Gasteiger partial charge in [-0.2, -0.15) is 0 Å². The van der Waals surface area contributed by atoms with E-state index >= 15 is 0 Å². The van der Waals surface area contributed by atoms with Crippen LogP contribution < -0.4 is 4.74 Å². The van der Waals surface area contributed by atoms with Gasteiger partial charge in [0.1, 0.15) is 24.3 Å². The fraction of sp³-hybridized carbons (Fsp3) is 0.360. The molecule has 1 atom stereocenters. The van der Waals surface area contributed by atoms with Crippen LogP contribution in [0.25, 0.3) is 0 Å². The average molecular weight is 409 g/mol. The molecule has 0 bridgehead atoms. The van der Waals surface area contributed by atoms with E-state index in [9.17, 15) is 9.50 Å². The largest absolute Gasteiger partial charge is 0.491 e.